The van der Waals surface area contributed by atoms with Gasteiger partial charge in [-0.05, 0) is 63.3 Å². The lowest BCUT2D eigenvalue weighted by molar-refractivity contribution is 0.0715. The average molecular weight is 423 g/mol. The van der Waals surface area contributed by atoms with Crippen LogP contribution in [0.15, 0.2) is 36.9 Å². The molecule has 2 aliphatic rings. The second-order valence-electron chi connectivity index (χ2n) is 8.76. The molecule has 0 bridgehead atoms. The number of ether oxygens (including phenoxy) is 1. The molecule has 0 spiro atoms. The Labute approximate surface area is 185 Å². The summed E-state index contributed by atoms with van der Waals surface area (Å²) in [5.74, 6) is 0.992. The zero-order chi connectivity index (χ0) is 21.8. The summed E-state index contributed by atoms with van der Waals surface area (Å²) in [6.45, 7) is 7.08. The summed E-state index contributed by atoms with van der Waals surface area (Å²) in [5.41, 5.74) is 4.26. The largest absolute Gasteiger partial charge is 0.497 e. The van der Waals surface area contributed by atoms with Crippen molar-refractivity contribution in [1.29, 1.82) is 0 Å². The van der Waals surface area contributed by atoms with Crippen LogP contribution < -0.4 is 4.74 Å². The SMILES string of the molecule is C=CCn1nc(C(=O)N2CCCCC2)c2c1CCC(N(C)Cc1cccc(OC)c1)C2. The number of hydrogen-bond donors (Lipinski definition) is 0. The number of benzene rings is 1. The predicted octanol–water partition coefficient (Wildman–Crippen LogP) is 3.69. The van der Waals surface area contributed by atoms with Gasteiger partial charge in [0.05, 0.1) is 13.7 Å². The summed E-state index contributed by atoms with van der Waals surface area (Å²) < 4.78 is 7.37. The molecule has 0 radical (unpaired) electrons. The van der Waals surface area contributed by atoms with Crippen molar-refractivity contribution < 1.29 is 9.53 Å². The molecule has 6 nitrogen and oxygen atoms in total. The zero-order valence-corrected chi connectivity index (χ0v) is 18.8. The highest BCUT2D eigenvalue weighted by atomic mass is 16.5. The minimum atomic E-state index is 0.106. The molecule has 1 fully saturated rings. The van der Waals surface area contributed by atoms with Gasteiger partial charge in [0.1, 0.15) is 5.75 Å². The van der Waals surface area contributed by atoms with Gasteiger partial charge in [0, 0.05) is 36.9 Å². The van der Waals surface area contributed by atoms with Crippen molar-refractivity contribution in [3.05, 3.63) is 59.4 Å². The van der Waals surface area contributed by atoms with E-state index in [4.69, 9.17) is 9.84 Å². The molecule has 1 aromatic carbocycles. The summed E-state index contributed by atoms with van der Waals surface area (Å²) in [6, 6.07) is 8.63. The van der Waals surface area contributed by atoms with Gasteiger partial charge >= 0.3 is 0 Å². The topological polar surface area (TPSA) is 50.6 Å². The molecule has 1 atom stereocenters. The van der Waals surface area contributed by atoms with Crippen LogP contribution in [0.25, 0.3) is 0 Å². The first-order chi connectivity index (χ1) is 15.1. The number of fused-ring (bicyclic) bond motifs is 1. The molecule has 0 N–H and O–H groups in total. The molecule has 1 aromatic heterocycles. The molecule has 1 amide bonds. The van der Waals surface area contributed by atoms with E-state index in [1.165, 1.54) is 17.7 Å². The van der Waals surface area contributed by atoms with E-state index in [0.717, 1.165) is 63.1 Å². The third kappa shape index (κ3) is 4.69. The summed E-state index contributed by atoms with van der Waals surface area (Å²) in [5, 5.41) is 4.78. The Morgan fingerprint density at radius 2 is 2.13 bits per heavy atom. The lowest BCUT2D eigenvalue weighted by Crippen LogP contribution is -2.38. The molecule has 1 saturated heterocycles. The molecule has 2 heterocycles. The van der Waals surface area contributed by atoms with E-state index in [1.54, 1.807) is 7.11 Å². The van der Waals surface area contributed by atoms with Crippen LogP contribution in [0.1, 0.15) is 53.0 Å². The number of likely N-dealkylation sites (N-methyl/N-ethyl adjacent to an activating group) is 1. The molecule has 6 heteroatoms. The number of nitrogens with zero attached hydrogens (tertiary/aromatic N) is 4. The minimum Gasteiger partial charge on any atom is -0.497 e. The Hall–Kier alpha value is -2.60. The van der Waals surface area contributed by atoms with Gasteiger partial charge in [0.15, 0.2) is 5.69 Å². The number of likely N-dealkylation sites (tertiary alicyclic amines) is 1. The normalized spacial score (nSPS) is 18.7. The first-order valence-corrected chi connectivity index (χ1v) is 11.4. The van der Waals surface area contributed by atoms with E-state index in [1.807, 2.05) is 27.8 Å². The van der Waals surface area contributed by atoms with Gasteiger partial charge in [-0.15, -0.1) is 6.58 Å². The molecule has 2 aromatic rings. The summed E-state index contributed by atoms with van der Waals surface area (Å²) in [7, 11) is 3.88. The summed E-state index contributed by atoms with van der Waals surface area (Å²) >= 11 is 0. The van der Waals surface area contributed by atoms with Gasteiger partial charge in [-0.1, -0.05) is 18.2 Å². The number of methoxy groups -OCH3 is 1. The van der Waals surface area contributed by atoms with Crippen LogP contribution in [-0.2, 0) is 25.9 Å². The summed E-state index contributed by atoms with van der Waals surface area (Å²) in [4.78, 5) is 17.7. The third-order valence-electron chi connectivity index (χ3n) is 6.66. The van der Waals surface area contributed by atoms with Gasteiger partial charge in [0.2, 0.25) is 0 Å². The number of allylic oxidation sites excluding steroid dienone is 1. The predicted molar refractivity (Wildman–Crippen MR) is 122 cm³/mol. The van der Waals surface area contributed by atoms with Gasteiger partial charge in [0.25, 0.3) is 5.91 Å². The lowest BCUT2D eigenvalue weighted by atomic mass is 9.90. The third-order valence-corrected chi connectivity index (χ3v) is 6.66. The molecule has 1 aliphatic heterocycles. The van der Waals surface area contributed by atoms with Crippen molar-refractivity contribution in [3.63, 3.8) is 0 Å². The van der Waals surface area contributed by atoms with E-state index in [2.05, 4.69) is 30.7 Å². The highest BCUT2D eigenvalue weighted by molar-refractivity contribution is 5.94. The second kappa shape index (κ2) is 9.69. The Kier molecular flexibility index (Phi) is 6.76. The van der Waals surface area contributed by atoms with Crippen molar-refractivity contribution in [1.82, 2.24) is 19.6 Å². The molecule has 0 saturated carbocycles. The van der Waals surface area contributed by atoms with Crippen LogP contribution in [0.4, 0.5) is 0 Å². The molecule has 31 heavy (non-hydrogen) atoms. The smallest absolute Gasteiger partial charge is 0.274 e. The van der Waals surface area contributed by atoms with Crippen molar-refractivity contribution in [2.45, 2.75) is 57.7 Å². The number of piperidine rings is 1. The Balaban J connectivity index is 1.54. The number of carbonyl (C=O) groups excluding carboxylic acids is 1. The fourth-order valence-corrected chi connectivity index (χ4v) is 4.93. The van der Waals surface area contributed by atoms with Crippen LogP contribution in [0.3, 0.4) is 0 Å². The molecular weight excluding hydrogens is 388 g/mol. The van der Waals surface area contributed by atoms with Crippen LogP contribution in [0.5, 0.6) is 5.75 Å². The van der Waals surface area contributed by atoms with E-state index in [-0.39, 0.29) is 5.91 Å². The highest BCUT2D eigenvalue weighted by Gasteiger charge is 2.32. The zero-order valence-electron chi connectivity index (χ0n) is 18.8. The highest BCUT2D eigenvalue weighted by Crippen LogP contribution is 2.29. The van der Waals surface area contributed by atoms with Crippen molar-refractivity contribution in [3.8, 4) is 5.75 Å². The monoisotopic (exact) mass is 422 g/mol. The van der Waals surface area contributed by atoms with E-state index in [0.29, 0.717) is 18.3 Å². The van der Waals surface area contributed by atoms with E-state index < -0.39 is 0 Å². The first-order valence-electron chi connectivity index (χ1n) is 11.4. The fourth-order valence-electron chi connectivity index (χ4n) is 4.93. The van der Waals surface area contributed by atoms with Crippen molar-refractivity contribution in [2.75, 3.05) is 27.2 Å². The Morgan fingerprint density at radius 3 is 2.87 bits per heavy atom. The molecule has 166 valence electrons. The van der Waals surface area contributed by atoms with Crippen LogP contribution in [0.2, 0.25) is 0 Å². The van der Waals surface area contributed by atoms with Gasteiger partial charge in [-0.2, -0.15) is 5.10 Å². The fraction of sp³-hybridized carbons (Fsp3) is 0.520. The number of aromatic nitrogens is 2. The molecule has 1 unspecified atom stereocenters. The number of hydrogen-bond acceptors (Lipinski definition) is 4. The first kappa shape index (κ1) is 21.6. The number of rotatable bonds is 7. The van der Waals surface area contributed by atoms with Gasteiger partial charge < -0.3 is 9.64 Å². The molecular formula is C25H34N4O2. The maximum Gasteiger partial charge on any atom is 0.274 e. The number of carbonyl (C=O) groups is 1. The standard InChI is InChI=1S/C25H34N4O2/c1-4-13-29-23-12-11-20(27(2)18-19-9-8-10-21(16-19)31-3)17-22(23)24(26-29)25(30)28-14-6-5-7-15-28/h4,8-10,16,20H,1,5-7,11-15,17-18H2,2-3H3. The van der Waals surface area contributed by atoms with Crippen molar-refractivity contribution in [2.24, 2.45) is 0 Å². The maximum atomic E-state index is 13.3. The van der Waals surface area contributed by atoms with Crippen LogP contribution >= 0.6 is 0 Å². The Morgan fingerprint density at radius 1 is 1.32 bits per heavy atom. The maximum absolute atomic E-state index is 13.3. The van der Waals surface area contributed by atoms with Crippen molar-refractivity contribution >= 4 is 5.91 Å². The van der Waals surface area contributed by atoms with Gasteiger partial charge in [-0.3, -0.25) is 14.4 Å². The van der Waals surface area contributed by atoms with E-state index in [9.17, 15) is 4.79 Å². The second-order valence-corrected chi connectivity index (χ2v) is 8.76. The molecule has 4 rings (SSSR count). The average Bonchev–Trinajstić information content (AvgIpc) is 3.17. The van der Waals surface area contributed by atoms with Crippen LogP contribution in [0, 0.1) is 0 Å². The summed E-state index contributed by atoms with van der Waals surface area (Å²) in [6.07, 6.45) is 8.12. The number of amides is 1. The van der Waals surface area contributed by atoms with E-state index >= 15 is 0 Å². The minimum absolute atomic E-state index is 0.106. The quantitative estimate of drug-likeness (QED) is 0.639. The Bertz CT molecular complexity index is 930. The molecule has 1 aliphatic carbocycles. The lowest BCUT2D eigenvalue weighted by Gasteiger charge is -2.32. The van der Waals surface area contributed by atoms with Crippen LogP contribution in [-0.4, -0.2) is 58.8 Å². The van der Waals surface area contributed by atoms with Gasteiger partial charge in [-0.25, -0.2) is 0 Å².